The van der Waals surface area contributed by atoms with Crippen LogP contribution < -0.4 is 5.73 Å². The first-order valence-corrected chi connectivity index (χ1v) is 5.08. The van der Waals surface area contributed by atoms with Crippen molar-refractivity contribution >= 4 is 17.0 Å². The molecule has 1 aliphatic carbocycles. The summed E-state index contributed by atoms with van der Waals surface area (Å²) < 4.78 is 1.85. The molecule has 2 aromatic heterocycles. The zero-order valence-electron chi connectivity index (χ0n) is 8.46. The highest BCUT2D eigenvalue weighted by molar-refractivity contribution is 5.80. The third-order valence-corrected chi connectivity index (χ3v) is 2.98. The van der Waals surface area contributed by atoms with Gasteiger partial charge in [0.05, 0.1) is 6.04 Å². The number of hydrogen-bond donors (Lipinski definition) is 1. The first kappa shape index (κ1) is 8.58. The number of nitrogen functional groups attached to an aromatic ring is 1. The number of fused-ring (bicyclic) bond motifs is 1. The first-order valence-electron chi connectivity index (χ1n) is 5.08. The van der Waals surface area contributed by atoms with Gasteiger partial charge in [-0.1, -0.05) is 5.21 Å². The molecule has 1 saturated carbocycles. The predicted octanol–water partition coefficient (Wildman–Crippen LogP) is 0.774. The van der Waals surface area contributed by atoms with Gasteiger partial charge in [0.2, 0.25) is 0 Å². The molecule has 0 spiro atoms. The number of nitrogens with two attached hydrogens (primary N) is 1. The molecule has 15 heavy (non-hydrogen) atoms. The lowest BCUT2D eigenvalue weighted by molar-refractivity contribution is 0.438. The van der Waals surface area contributed by atoms with Crippen LogP contribution in [-0.4, -0.2) is 25.0 Å². The standard InChI is InChI=1S/C9H12N6/c1-5(6-2-3-6)15-9-7(13-14-15)8(10)11-4-12-9/h4-6H,2-3H2,1H3,(H2,10,11,12). The monoisotopic (exact) mass is 204 g/mol. The van der Waals surface area contributed by atoms with Crippen molar-refractivity contribution < 1.29 is 0 Å². The normalized spacial score (nSPS) is 18.2. The van der Waals surface area contributed by atoms with E-state index in [1.807, 2.05) is 4.68 Å². The van der Waals surface area contributed by atoms with E-state index in [2.05, 4.69) is 27.2 Å². The van der Waals surface area contributed by atoms with Crippen LogP contribution >= 0.6 is 0 Å². The predicted molar refractivity (Wildman–Crippen MR) is 55.0 cm³/mol. The Kier molecular flexibility index (Phi) is 1.65. The molecule has 1 unspecified atom stereocenters. The maximum absolute atomic E-state index is 5.69. The fourth-order valence-electron chi connectivity index (χ4n) is 1.83. The van der Waals surface area contributed by atoms with Gasteiger partial charge in [0.1, 0.15) is 6.33 Å². The zero-order chi connectivity index (χ0) is 10.4. The van der Waals surface area contributed by atoms with Crippen LogP contribution in [0.2, 0.25) is 0 Å². The smallest absolute Gasteiger partial charge is 0.184 e. The second-order valence-electron chi connectivity index (χ2n) is 4.04. The Morgan fingerprint density at radius 2 is 2.27 bits per heavy atom. The molecule has 1 fully saturated rings. The summed E-state index contributed by atoms with van der Waals surface area (Å²) in [5.74, 6) is 1.11. The van der Waals surface area contributed by atoms with Crippen molar-refractivity contribution in [2.45, 2.75) is 25.8 Å². The minimum Gasteiger partial charge on any atom is -0.382 e. The molecule has 0 saturated heterocycles. The number of rotatable bonds is 2. The highest BCUT2D eigenvalue weighted by atomic mass is 15.5. The quantitative estimate of drug-likeness (QED) is 0.781. The molecule has 0 bridgehead atoms. The lowest BCUT2D eigenvalue weighted by Crippen LogP contribution is -2.09. The van der Waals surface area contributed by atoms with Crippen molar-refractivity contribution in [2.75, 3.05) is 5.73 Å². The van der Waals surface area contributed by atoms with Crippen LogP contribution in [0.15, 0.2) is 6.33 Å². The fourth-order valence-corrected chi connectivity index (χ4v) is 1.83. The Morgan fingerprint density at radius 1 is 1.47 bits per heavy atom. The summed E-state index contributed by atoms with van der Waals surface area (Å²) in [4.78, 5) is 8.07. The van der Waals surface area contributed by atoms with Crippen molar-refractivity contribution in [3.63, 3.8) is 0 Å². The molecule has 0 amide bonds. The van der Waals surface area contributed by atoms with E-state index in [0.29, 0.717) is 23.3 Å². The molecule has 0 radical (unpaired) electrons. The summed E-state index contributed by atoms with van der Waals surface area (Å²) in [7, 11) is 0. The summed E-state index contributed by atoms with van der Waals surface area (Å²) >= 11 is 0. The molecular formula is C9H12N6. The third kappa shape index (κ3) is 1.25. The highest BCUT2D eigenvalue weighted by Gasteiger charge is 2.31. The first-order chi connectivity index (χ1) is 7.27. The minimum absolute atomic E-state index is 0.351. The molecule has 2 N–H and O–H groups in total. The topological polar surface area (TPSA) is 82.5 Å². The molecule has 3 rings (SSSR count). The average Bonchev–Trinajstić information content (AvgIpc) is 2.98. The van der Waals surface area contributed by atoms with Gasteiger partial charge in [-0.2, -0.15) is 0 Å². The van der Waals surface area contributed by atoms with E-state index in [-0.39, 0.29) is 0 Å². The zero-order valence-corrected chi connectivity index (χ0v) is 8.46. The number of nitrogens with zero attached hydrogens (tertiary/aromatic N) is 5. The van der Waals surface area contributed by atoms with Crippen LogP contribution in [0.25, 0.3) is 11.2 Å². The molecular weight excluding hydrogens is 192 g/mol. The van der Waals surface area contributed by atoms with E-state index in [0.717, 1.165) is 5.65 Å². The van der Waals surface area contributed by atoms with Crippen LogP contribution in [0.4, 0.5) is 5.82 Å². The van der Waals surface area contributed by atoms with Crippen molar-refractivity contribution in [3.05, 3.63) is 6.33 Å². The van der Waals surface area contributed by atoms with Gasteiger partial charge in [0.25, 0.3) is 0 Å². The summed E-state index contributed by atoms with van der Waals surface area (Å²) in [5.41, 5.74) is 7.03. The molecule has 6 nitrogen and oxygen atoms in total. The van der Waals surface area contributed by atoms with Crippen LogP contribution in [-0.2, 0) is 0 Å². The van der Waals surface area contributed by atoms with E-state index in [1.54, 1.807) is 0 Å². The van der Waals surface area contributed by atoms with Crippen LogP contribution in [0.5, 0.6) is 0 Å². The molecule has 1 aliphatic rings. The van der Waals surface area contributed by atoms with Gasteiger partial charge < -0.3 is 5.73 Å². The van der Waals surface area contributed by atoms with Crippen molar-refractivity contribution in [3.8, 4) is 0 Å². The van der Waals surface area contributed by atoms with Gasteiger partial charge in [-0.3, -0.25) is 0 Å². The Morgan fingerprint density at radius 3 is 3.00 bits per heavy atom. The second kappa shape index (κ2) is 2.88. The van der Waals surface area contributed by atoms with Crippen molar-refractivity contribution in [2.24, 2.45) is 5.92 Å². The molecule has 0 aliphatic heterocycles. The van der Waals surface area contributed by atoms with E-state index < -0.39 is 0 Å². The highest BCUT2D eigenvalue weighted by Crippen LogP contribution is 2.39. The second-order valence-corrected chi connectivity index (χ2v) is 4.04. The summed E-state index contributed by atoms with van der Waals surface area (Å²) in [6, 6.07) is 0.351. The number of anilines is 1. The SMILES string of the molecule is CC(C1CC1)n1nnc2c(N)ncnc21. The van der Waals surface area contributed by atoms with E-state index in [4.69, 9.17) is 5.73 Å². The lowest BCUT2D eigenvalue weighted by atomic mass is 10.2. The molecule has 1 atom stereocenters. The van der Waals surface area contributed by atoms with Crippen molar-refractivity contribution in [1.82, 2.24) is 25.0 Å². The average molecular weight is 204 g/mol. The summed E-state index contributed by atoms with van der Waals surface area (Å²) in [6.45, 7) is 2.14. The van der Waals surface area contributed by atoms with E-state index in [1.165, 1.54) is 19.2 Å². The lowest BCUT2D eigenvalue weighted by Gasteiger charge is -2.09. The van der Waals surface area contributed by atoms with E-state index >= 15 is 0 Å². The van der Waals surface area contributed by atoms with Gasteiger partial charge in [-0.15, -0.1) is 5.10 Å². The van der Waals surface area contributed by atoms with Crippen LogP contribution in [0.1, 0.15) is 25.8 Å². The van der Waals surface area contributed by atoms with Crippen LogP contribution in [0.3, 0.4) is 0 Å². The van der Waals surface area contributed by atoms with Gasteiger partial charge in [0, 0.05) is 0 Å². The Bertz CT molecular complexity index is 500. The number of aromatic nitrogens is 5. The Balaban J connectivity index is 2.15. The number of hydrogen-bond acceptors (Lipinski definition) is 5. The van der Waals surface area contributed by atoms with E-state index in [9.17, 15) is 0 Å². The van der Waals surface area contributed by atoms with Gasteiger partial charge in [-0.05, 0) is 25.7 Å². The van der Waals surface area contributed by atoms with Crippen LogP contribution in [0, 0.1) is 5.92 Å². The minimum atomic E-state index is 0.351. The molecule has 78 valence electrons. The summed E-state index contributed by atoms with van der Waals surface area (Å²) in [6.07, 6.45) is 3.99. The fraction of sp³-hybridized carbons (Fsp3) is 0.556. The Labute approximate surface area is 86.5 Å². The summed E-state index contributed by atoms with van der Waals surface area (Å²) in [5, 5.41) is 8.11. The molecule has 2 aromatic rings. The van der Waals surface area contributed by atoms with Gasteiger partial charge in [0.15, 0.2) is 17.0 Å². The molecule has 6 heteroatoms. The molecule has 2 heterocycles. The maximum atomic E-state index is 5.69. The van der Waals surface area contributed by atoms with Crippen molar-refractivity contribution in [1.29, 1.82) is 0 Å². The Hall–Kier alpha value is -1.72. The third-order valence-electron chi connectivity index (χ3n) is 2.98. The molecule has 0 aromatic carbocycles. The largest absolute Gasteiger partial charge is 0.382 e. The van der Waals surface area contributed by atoms with Gasteiger partial charge >= 0.3 is 0 Å². The maximum Gasteiger partial charge on any atom is 0.184 e. The van der Waals surface area contributed by atoms with Gasteiger partial charge in [-0.25, -0.2) is 14.6 Å².